The molecule has 2 aromatic rings. The van der Waals surface area contributed by atoms with Crippen LogP contribution in [0.3, 0.4) is 0 Å². The Morgan fingerprint density at radius 1 is 1.25 bits per heavy atom. The third-order valence-electron chi connectivity index (χ3n) is 5.33. The smallest absolute Gasteiger partial charge is 0.165 e. The van der Waals surface area contributed by atoms with E-state index in [2.05, 4.69) is 50.4 Å². The summed E-state index contributed by atoms with van der Waals surface area (Å²) in [6.45, 7) is 5.30. The van der Waals surface area contributed by atoms with Gasteiger partial charge in [0.15, 0.2) is 17.0 Å². The standard InChI is InChI=1S/C18H25N5O/c1-18(2,8-9-24)10-22-12-21-15-16(22)19-11-20-17(15)23-13-4-3-5-14(23)7-6-13/h3-4,11-14,24H,5-10H2,1-2H3. The molecule has 2 unspecified atom stereocenters. The van der Waals surface area contributed by atoms with Gasteiger partial charge in [-0.1, -0.05) is 26.0 Å². The number of fused-ring (bicyclic) bond motifs is 3. The van der Waals surface area contributed by atoms with Gasteiger partial charge < -0.3 is 14.6 Å². The molecule has 4 rings (SSSR count). The van der Waals surface area contributed by atoms with Gasteiger partial charge in [0.05, 0.1) is 6.33 Å². The van der Waals surface area contributed by atoms with Crippen molar-refractivity contribution in [2.24, 2.45) is 5.41 Å². The summed E-state index contributed by atoms with van der Waals surface area (Å²) >= 11 is 0. The van der Waals surface area contributed by atoms with E-state index in [1.807, 2.05) is 6.33 Å². The Bertz CT molecular complexity index is 766. The van der Waals surface area contributed by atoms with E-state index >= 15 is 0 Å². The molecule has 128 valence electrons. The summed E-state index contributed by atoms with van der Waals surface area (Å²) in [5.74, 6) is 0.968. The Hall–Kier alpha value is -1.95. The van der Waals surface area contributed by atoms with Gasteiger partial charge in [0.2, 0.25) is 0 Å². The zero-order valence-electron chi connectivity index (χ0n) is 14.4. The lowest BCUT2D eigenvalue weighted by molar-refractivity contribution is 0.193. The first kappa shape index (κ1) is 15.6. The Morgan fingerprint density at radius 3 is 2.92 bits per heavy atom. The van der Waals surface area contributed by atoms with Gasteiger partial charge in [-0.3, -0.25) is 0 Å². The van der Waals surface area contributed by atoms with Crippen LogP contribution >= 0.6 is 0 Å². The summed E-state index contributed by atoms with van der Waals surface area (Å²) in [5, 5.41) is 9.26. The predicted octanol–water partition coefficient (Wildman–Crippen LogP) is 2.53. The summed E-state index contributed by atoms with van der Waals surface area (Å²) < 4.78 is 2.10. The second-order valence-corrected chi connectivity index (χ2v) is 7.75. The van der Waals surface area contributed by atoms with Crippen LogP contribution < -0.4 is 4.90 Å². The normalized spacial score (nSPS) is 23.4. The van der Waals surface area contributed by atoms with Crippen molar-refractivity contribution in [3.63, 3.8) is 0 Å². The van der Waals surface area contributed by atoms with E-state index in [0.717, 1.165) is 36.4 Å². The maximum Gasteiger partial charge on any atom is 0.165 e. The molecule has 6 heteroatoms. The number of nitrogens with zero attached hydrogens (tertiary/aromatic N) is 5. The molecule has 2 bridgehead atoms. The van der Waals surface area contributed by atoms with Crippen LogP contribution in [-0.2, 0) is 6.54 Å². The fourth-order valence-electron chi connectivity index (χ4n) is 4.07. The fourth-order valence-corrected chi connectivity index (χ4v) is 4.07. The van der Waals surface area contributed by atoms with E-state index < -0.39 is 0 Å². The molecule has 6 nitrogen and oxygen atoms in total. The average Bonchev–Trinajstić information content (AvgIpc) is 3.05. The Balaban J connectivity index is 1.71. The van der Waals surface area contributed by atoms with Crippen LogP contribution in [0.15, 0.2) is 24.8 Å². The minimum atomic E-state index is 0.000380. The molecule has 1 fully saturated rings. The summed E-state index contributed by atoms with van der Waals surface area (Å²) in [5.41, 5.74) is 1.78. The molecule has 4 heterocycles. The van der Waals surface area contributed by atoms with Gasteiger partial charge in [0.1, 0.15) is 6.33 Å². The first-order chi connectivity index (χ1) is 11.6. The maximum atomic E-state index is 9.26. The summed E-state index contributed by atoms with van der Waals surface area (Å²) in [7, 11) is 0. The zero-order valence-corrected chi connectivity index (χ0v) is 14.4. The van der Waals surface area contributed by atoms with Crippen LogP contribution in [0.5, 0.6) is 0 Å². The molecule has 24 heavy (non-hydrogen) atoms. The van der Waals surface area contributed by atoms with Gasteiger partial charge >= 0.3 is 0 Å². The number of imidazole rings is 1. The number of aromatic nitrogens is 4. The van der Waals surface area contributed by atoms with Crippen LogP contribution in [0.25, 0.3) is 11.2 Å². The monoisotopic (exact) mass is 327 g/mol. The van der Waals surface area contributed by atoms with Gasteiger partial charge in [-0.15, -0.1) is 0 Å². The van der Waals surface area contributed by atoms with Gasteiger partial charge in [0, 0.05) is 25.2 Å². The van der Waals surface area contributed by atoms with Crippen LogP contribution in [-0.4, -0.2) is 43.3 Å². The highest BCUT2D eigenvalue weighted by Crippen LogP contribution is 2.37. The first-order valence-corrected chi connectivity index (χ1v) is 8.81. The lowest BCUT2D eigenvalue weighted by Crippen LogP contribution is -2.38. The van der Waals surface area contributed by atoms with E-state index in [-0.39, 0.29) is 12.0 Å². The van der Waals surface area contributed by atoms with Crippen molar-refractivity contribution in [2.45, 2.75) is 58.2 Å². The van der Waals surface area contributed by atoms with Crippen LogP contribution in [0.4, 0.5) is 5.82 Å². The van der Waals surface area contributed by atoms with Gasteiger partial charge in [-0.2, -0.15) is 0 Å². The van der Waals surface area contributed by atoms with Crippen molar-refractivity contribution in [3.8, 4) is 0 Å². The van der Waals surface area contributed by atoms with Crippen LogP contribution in [0.1, 0.15) is 39.5 Å². The molecule has 0 spiro atoms. The number of anilines is 1. The Labute approximate surface area is 142 Å². The summed E-state index contributed by atoms with van der Waals surface area (Å²) in [6.07, 6.45) is 12.4. The molecule has 2 aliphatic heterocycles. The van der Waals surface area contributed by atoms with E-state index in [0.29, 0.717) is 12.1 Å². The average molecular weight is 327 g/mol. The Kier molecular flexibility index (Phi) is 3.79. The minimum Gasteiger partial charge on any atom is -0.396 e. The first-order valence-electron chi connectivity index (χ1n) is 8.81. The highest BCUT2D eigenvalue weighted by molar-refractivity contribution is 5.84. The van der Waals surface area contributed by atoms with Crippen LogP contribution in [0, 0.1) is 5.41 Å². The second kappa shape index (κ2) is 5.84. The van der Waals surface area contributed by atoms with Gasteiger partial charge in [-0.25, -0.2) is 15.0 Å². The second-order valence-electron chi connectivity index (χ2n) is 7.75. The molecule has 0 radical (unpaired) electrons. The molecular weight excluding hydrogens is 302 g/mol. The molecule has 0 amide bonds. The number of aliphatic hydroxyl groups is 1. The topological polar surface area (TPSA) is 67.1 Å². The van der Waals surface area contributed by atoms with Crippen molar-refractivity contribution in [1.82, 2.24) is 19.5 Å². The van der Waals surface area contributed by atoms with E-state index in [4.69, 9.17) is 0 Å². The quantitative estimate of drug-likeness (QED) is 0.855. The molecule has 0 aromatic carbocycles. The molecule has 2 aliphatic rings. The number of hydrogen-bond acceptors (Lipinski definition) is 5. The third kappa shape index (κ3) is 2.59. The van der Waals surface area contributed by atoms with E-state index in [1.165, 1.54) is 12.8 Å². The number of hydrogen-bond donors (Lipinski definition) is 1. The SMILES string of the molecule is CC(C)(CCO)Cn1cnc2c(N3C4C=CCC3CC4)ncnc21. The maximum absolute atomic E-state index is 9.26. The molecule has 2 aromatic heterocycles. The number of rotatable bonds is 5. The molecule has 1 saturated heterocycles. The fraction of sp³-hybridized carbons (Fsp3) is 0.611. The summed E-state index contributed by atoms with van der Waals surface area (Å²) in [4.78, 5) is 16.2. The highest BCUT2D eigenvalue weighted by Gasteiger charge is 2.36. The van der Waals surface area contributed by atoms with Gasteiger partial charge in [-0.05, 0) is 31.1 Å². The third-order valence-corrected chi connectivity index (χ3v) is 5.33. The van der Waals surface area contributed by atoms with E-state index in [9.17, 15) is 5.11 Å². The van der Waals surface area contributed by atoms with Crippen molar-refractivity contribution in [2.75, 3.05) is 11.5 Å². The van der Waals surface area contributed by atoms with Crippen LogP contribution in [0.2, 0.25) is 0 Å². The van der Waals surface area contributed by atoms with Crippen molar-refractivity contribution in [1.29, 1.82) is 0 Å². The number of aliphatic hydroxyl groups excluding tert-OH is 1. The Morgan fingerprint density at radius 2 is 2.12 bits per heavy atom. The molecular formula is C18H25N5O. The lowest BCUT2D eigenvalue weighted by Gasteiger charge is -2.32. The van der Waals surface area contributed by atoms with Crippen molar-refractivity contribution < 1.29 is 5.11 Å². The summed E-state index contributed by atoms with van der Waals surface area (Å²) in [6, 6.07) is 0.979. The molecule has 1 N–H and O–H groups in total. The molecule has 2 atom stereocenters. The minimum absolute atomic E-state index is 0.000380. The van der Waals surface area contributed by atoms with E-state index in [1.54, 1.807) is 6.33 Å². The predicted molar refractivity (Wildman–Crippen MR) is 93.9 cm³/mol. The lowest BCUT2D eigenvalue weighted by atomic mass is 9.90. The van der Waals surface area contributed by atoms with Gasteiger partial charge in [0.25, 0.3) is 0 Å². The largest absolute Gasteiger partial charge is 0.396 e. The zero-order chi connectivity index (χ0) is 16.7. The van der Waals surface area contributed by atoms with Crippen molar-refractivity contribution in [3.05, 3.63) is 24.8 Å². The van der Waals surface area contributed by atoms with Crippen molar-refractivity contribution >= 4 is 17.0 Å². The molecule has 0 aliphatic carbocycles. The highest BCUT2D eigenvalue weighted by atomic mass is 16.3. The molecule has 0 saturated carbocycles.